The van der Waals surface area contributed by atoms with Gasteiger partial charge in [0.05, 0.1) is 11.0 Å². The summed E-state index contributed by atoms with van der Waals surface area (Å²) in [6.45, 7) is 1.87. The molecule has 0 saturated heterocycles. The summed E-state index contributed by atoms with van der Waals surface area (Å²) in [5.74, 6) is 0.420. The Balaban J connectivity index is 2.09. The summed E-state index contributed by atoms with van der Waals surface area (Å²) in [4.78, 5) is 15.4. The van der Waals surface area contributed by atoms with Gasteiger partial charge in [0.15, 0.2) is 0 Å². The molecule has 5 nitrogen and oxygen atoms in total. The second-order valence-corrected chi connectivity index (χ2v) is 5.15. The Kier molecular flexibility index (Phi) is 3.29. The molecule has 0 saturated carbocycles. The van der Waals surface area contributed by atoms with Crippen molar-refractivity contribution >= 4 is 22.8 Å². The van der Waals surface area contributed by atoms with E-state index in [0.717, 1.165) is 22.5 Å². The number of hydrogen-bond acceptors (Lipinski definition) is 2. The standard InChI is InChI=1S/C16H15FN4O/c1-9-7-10(3-5-12(9)20-16(18)22)15-19-13-8-11(17)4-6-14(13)21(15)2/h3-8H,1-2H3,(H3,18,20,22). The number of imidazole rings is 1. The van der Waals surface area contributed by atoms with E-state index in [2.05, 4.69) is 10.3 Å². The van der Waals surface area contributed by atoms with E-state index in [-0.39, 0.29) is 5.82 Å². The zero-order chi connectivity index (χ0) is 15.9. The Morgan fingerprint density at radius 3 is 2.73 bits per heavy atom. The zero-order valence-electron chi connectivity index (χ0n) is 12.2. The molecule has 1 heterocycles. The number of benzene rings is 2. The van der Waals surface area contributed by atoms with Gasteiger partial charge in [0.1, 0.15) is 11.6 Å². The van der Waals surface area contributed by atoms with Crippen LogP contribution >= 0.6 is 0 Å². The lowest BCUT2D eigenvalue weighted by Gasteiger charge is -2.09. The number of carbonyl (C=O) groups is 1. The van der Waals surface area contributed by atoms with Gasteiger partial charge in [-0.05, 0) is 42.8 Å². The molecule has 112 valence electrons. The smallest absolute Gasteiger partial charge is 0.316 e. The molecule has 1 aromatic heterocycles. The molecule has 3 aromatic rings. The first kappa shape index (κ1) is 14.1. The number of rotatable bonds is 2. The summed E-state index contributed by atoms with van der Waals surface area (Å²) in [6, 6.07) is 9.45. The molecule has 3 rings (SSSR count). The van der Waals surface area contributed by atoms with Gasteiger partial charge in [0, 0.05) is 24.4 Å². The van der Waals surface area contributed by atoms with Crippen LogP contribution in [-0.4, -0.2) is 15.6 Å². The van der Waals surface area contributed by atoms with Gasteiger partial charge in [-0.3, -0.25) is 0 Å². The number of primary amides is 1. The monoisotopic (exact) mass is 298 g/mol. The van der Waals surface area contributed by atoms with Gasteiger partial charge in [0.2, 0.25) is 0 Å². The summed E-state index contributed by atoms with van der Waals surface area (Å²) in [5.41, 5.74) is 9.00. The fraction of sp³-hybridized carbons (Fsp3) is 0.125. The molecule has 0 aliphatic heterocycles. The maximum absolute atomic E-state index is 13.3. The van der Waals surface area contributed by atoms with Gasteiger partial charge in [-0.2, -0.15) is 0 Å². The van der Waals surface area contributed by atoms with Crippen molar-refractivity contribution in [2.24, 2.45) is 12.8 Å². The number of anilines is 1. The van der Waals surface area contributed by atoms with Crippen molar-refractivity contribution in [3.8, 4) is 11.4 Å². The minimum atomic E-state index is -0.603. The number of fused-ring (bicyclic) bond motifs is 1. The van der Waals surface area contributed by atoms with Crippen LogP contribution in [0.3, 0.4) is 0 Å². The largest absolute Gasteiger partial charge is 0.351 e. The lowest BCUT2D eigenvalue weighted by molar-refractivity contribution is 0.259. The fourth-order valence-corrected chi connectivity index (χ4v) is 2.51. The average Bonchev–Trinajstić information content (AvgIpc) is 2.77. The van der Waals surface area contributed by atoms with Crippen LogP contribution in [0, 0.1) is 12.7 Å². The van der Waals surface area contributed by atoms with Crippen LogP contribution in [0.1, 0.15) is 5.56 Å². The molecule has 2 aromatic carbocycles. The van der Waals surface area contributed by atoms with Gasteiger partial charge in [-0.1, -0.05) is 0 Å². The first-order chi connectivity index (χ1) is 10.5. The average molecular weight is 298 g/mol. The molecule has 0 aliphatic carbocycles. The Morgan fingerprint density at radius 2 is 2.05 bits per heavy atom. The summed E-state index contributed by atoms with van der Waals surface area (Å²) in [5, 5.41) is 2.56. The minimum Gasteiger partial charge on any atom is -0.351 e. The molecule has 0 unspecified atom stereocenters. The van der Waals surface area contributed by atoms with Crippen molar-refractivity contribution < 1.29 is 9.18 Å². The fourth-order valence-electron chi connectivity index (χ4n) is 2.51. The summed E-state index contributed by atoms with van der Waals surface area (Å²) in [6.07, 6.45) is 0. The molecule has 0 bridgehead atoms. The minimum absolute atomic E-state index is 0.311. The van der Waals surface area contributed by atoms with Gasteiger partial charge in [-0.25, -0.2) is 14.2 Å². The van der Waals surface area contributed by atoms with Crippen molar-refractivity contribution in [1.82, 2.24) is 9.55 Å². The predicted molar refractivity (Wildman–Crippen MR) is 84.1 cm³/mol. The van der Waals surface area contributed by atoms with E-state index in [1.54, 1.807) is 12.1 Å². The number of amides is 2. The highest BCUT2D eigenvalue weighted by molar-refractivity contribution is 5.89. The van der Waals surface area contributed by atoms with Gasteiger partial charge < -0.3 is 15.6 Å². The van der Waals surface area contributed by atoms with E-state index >= 15 is 0 Å². The van der Waals surface area contributed by atoms with Crippen molar-refractivity contribution in [2.75, 3.05) is 5.32 Å². The van der Waals surface area contributed by atoms with E-state index in [4.69, 9.17) is 5.73 Å². The lowest BCUT2D eigenvalue weighted by atomic mass is 10.1. The Labute approximate surface area is 126 Å². The molecule has 2 amide bonds. The number of nitrogens with two attached hydrogens (primary N) is 1. The molecule has 6 heteroatoms. The highest BCUT2D eigenvalue weighted by Gasteiger charge is 2.12. The molecule has 3 N–H and O–H groups in total. The molecule has 0 fully saturated rings. The molecule has 0 atom stereocenters. The molecular weight excluding hydrogens is 283 g/mol. The Morgan fingerprint density at radius 1 is 1.27 bits per heavy atom. The lowest BCUT2D eigenvalue weighted by Crippen LogP contribution is -2.19. The zero-order valence-corrected chi connectivity index (χ0v) is 12.2. The van der Waals surface area contributed by atoms with E-state index < -0.39 is 6.03 Å². The number of hydrogen-bond donors (Lipinski definition) is 2. The Hall–Kier alpha value is -2.89. The molecule has 0 aliphatic rings. The molecule has 0 radical (unpaired) electrons. The van der Waals surface area contributed by atoms with Crippen LogP contribution in [0.25, 0.3) is 22.4 Å². The maximum atomic E-state index is 13.3. The first-order valence-corrected chi connectivity index (χ1v) is 6.75. The van der Waals surface area contributed by atoms with Crippen LogP contribution in [0.2, 0.25) is 0 Å². The summed E-state index contributed by atoms with van der Waals surface area (Å²) >= 11 is 0. The number of carbonyl (C=O) groups excluding carboxylic acids is 1. The van der Waals surface area contributed by atoms with Gasteiger partial charge in [-0.15, -0.1) is 0 Å². The van der Waals surface area contributed by atoms with Crippen LogP contribution in [-0.2, 0) is 7.05 Å². The number of urea groups is 1. The van der Waals surface area contributed by atoms with Crippen LogP contribution < -0.4 is 11.1 Å². The van der Waals surface area contributed by atoms with E-state index in [1.807, 2.05) is 30.7 Å². The van der Waals surface area contributed by atoms with Crippen molar-refractivity contribution in [1.29, 1.82) is 0 Å². The van der Waals surface area contributed by atoms with Gasteiger partial charge >= 0.3 is 6.03 Å². The number of aryl methyl sites for hydroxylation is 2. The summed E-state index contributed by atoms with van der Waals surface area (Å²) < 4.78 is 15.2. The van der Waals surface area contributed by atoms with Crippen molar-refractivity contribution in [3.05, 3.63) is 47.8 Å². The quantitative estimate of drug-likeness (QED) is 0.762. The van der Waals surface area contributed by atoms with Crippen LogP contribution in [0.4, 0.5) is 14.9 Å². The normalized spacial score (nSPS) is 10.9. The number of halogens is 1. The van der Waals surface area contributed by atoms with E-state index in [1.165, 1.54) is 12.1 Å². The topological polar surface area (TPSA) is 72.9 Å². The molecule has 0 spiro atoms. The van der Waals surface area contributed by atoms with Gasteiger partial charge in [0.25, 0.3) is 0 Å². The highest BCUT2D eigenvalue weighted by atomic mass is 19.1. The first-order valence-electron chi connectivity index (χ1n) is 6.75. The molecule has 22 heavy (non-hydrogen) atoms. The SMILES string of the molecule is Cc1cc(-c2nc3cc(F)ccc3n2C)ccc1NC(N)=O. The second kappa shape index (κ2) is 5.14. The highest BCUT2D eigenvalue weighted by Crippen LogP contribution is 2.27. The van der Waals surface area contributed by atoms with Crippen molar-refractivity contribution in [2.45, 2.75) is 6.92 Å². The maximum Gasteiger partial charge on any atom is 0.316 e. The predicted octanol–water partition coefficient (Wildman–Crippen LogP) is 3.18. The number of aromatic nitrogens is 2. The summed E-state index contributed by atoms with van der Waals surface area (Å²) in [7, 11) is 1.88. The van der Waals surface area contributed by atoms with Crippen molar-refractivity contribution in [3.63, 3.8) is 0 Å². The number of nitrogens with one attached hydrogen (secondary N) is 1. The van der Waals surface area contributed by atoms with Crippen LogP contribution in [0.15, 0.2) is 36.4 Å². The Bertz CT molecular complexity index is 885. The second-order valence-electron chi connectivity index (χ2n) is 5.15. The third-order valence-electron chi connectivity index (χ3n) is 3.59. The van der Waals surface area contributed by atoms with Crippen LogP contribution in [0.5, 0.6) is 0 Å². The molecular formula is C16H15FN4O. The third-order valence-corrected chi connectivity index (χ3v) is 3.59. The number of nitrogens with zero attached hydrogens (tertiary/aromatic N) is 2. The van der Waals surface area contributed by atoms with E-state index in [9.17, 15) is 9.18 Å². The third kappa shape index (κ3) is 2.39. The van der Waals surface area contributed by atoms with E-state index in [0.29, 0.717) is 11.2 Å².